The summed E-state index contributed by atoms with van der Waals surface area (Å²) in [6.07, 6.45) is 0.971. The Morgan fingerprint density at radius 3 is 2.13 bits per heavy atom. The molecule has 0 saturated heterocycles. The Hall–Kier alpha value is -4.96. The van der Waals surface area contributed by atoms with Gasteiger partial charge in [-0.3, -0.25) is 9.36 Å². The highest BCUT2D eigenvalue weighted by Gasteiger charge is 2.27. The van der Waals surface area contributed by atoms with Crippen LogP contribution in [0, 0.1) is 40.7 Å². The number of benzene rings is 2. The maximum atomic E-state index is 15.2. The first-order valence-corrected chi connectivity index (χ1v) is 13.6. The van der Waals surface area contributed by atoms with Crippen LogP contribution in [0.25, 0.3) is 22.5 Å². The van der Waals surface area contributed by atoms with Crippen molar-refractivity contribution in [3.05, 3.63) is 102 Å². The van der Waals surface area contributed by atoms with Crippen molar-refractivity contribution in [1.29, 1.82) is 0 Å². The van der Waals surface area contributed by atoms with Gasteiger partial charge >= 0.3 is 11.9 Å². The number of aliphatic hydroxyl groups is 1. The molecule has 0 radical (unpaired) electrons. The molecule has 0 fully saturated rings. The number of aliphatic hydroxyl groups excluding tert-OH is 1. The molecule has 0 amide bonds. The van der Waals surface area contributed by atoms with Crippen LogP contribution in [0.1, 0.15) is 29.8 Å². The van der Waals surface area contributed by atoms with Crippen molar-refractivity contribution >= 4 is 63.8 Å². The smallest absolute Gasteiger partial charge is 0.343 e. The molecule has 0 saturated carbocycles. The average Bonchev–Trinajstić information content (AvgIpc) is 3.02. The topological polar surface area (TPSA) is 120 Å². The van der Waals surface area contributed by atoms with E-state index in [2.05, 4.69) is 9.98 Å². The molecular formula is C29H16Cl2F7N3O6. The van der Waals surface area contributed by atoms with Gasteiger partial charge in [-0.05, 0) is 26.0 Å². The lowest BCUT2D eigenvalue weighted by Gasteiger charge is -2.15. The number of rotatable bonds is 8. The number of hydrogen-bond acceptors (Lipinski definition) is 8. The van der Waals surface area contributed by atoms with E-state index in [1.165, 1.54) is 13.8 Å². The molecule has 0 unspecified atom stereocenters. The summed E-state index contributed by atoms with van der Waals surface area (Å²) in [5.41, 5.74) is -4.93. The van der Waals surface area contributed by atoms with Crippen LogP contribution >= 0.6 is 23.2 Å². The van der Waals surface area contributed by atoms with E-state index < -0.39 is 113 Å². The van der Waals surface area contributed by atoms with Crippen LogP contribution in [0.2, 0.25) is 10.0 Å². The van der Waals surface area contributed by atoms with Gasteiger partial charge in [0.25, 0.3) is 0 Å². The third-order valence-corrected chi connectivity index (χ3v) is 6.84. The zero-order chi connectivity index (χ0) is 34.9. The summed E-state index contributed by atoms with van der Waals surface area (Å²) >= 11 is 11.4. The largest absolute Gasteiger partial charge is 0.506 e. The summed E-state index contributed by atoms with van der Waals surface area (Å²) in [6, 6.07) is 0.711. The zero-order valence-corrected chi connectivity index (χ0v) is 25.0. The van der Waals surface area contributed by atoms with Crippen LogP contribution in [-0.2, 0) is 14.3 Å². The van der Waals surface area contributed by atoms with Crippen LogP contribution in [0.4, 0.5) is 36.6 Å². The Balaban J connectivity index is 2.00. The summed E-state index contributed by atoms with van der Waals surface area (Å²) in [5.74, 6) is -17.8. The Labute approximate surface area is 268 Å². The van der Waals surface area contributed by atoms with E-state index >= 15 is 4.39 Å². The van der Waals surface area contributed by atoms with Crippen LogP contribution < -0.4 is 5.43 Å². The highest BCUT2D eigenvalue weighted by molar-refractivity contribution is 6.35. The van der Waals surface area contributed by atoms with E-state index in [4.69, 9.17) is 32.7 Å². The lowest BCUT2D eigenvalue weighted by molar-refractivity contribution is -0.137. The van der Waals surface area contributed by atoms with Gasteiger partial charge in [-0.2, -0.15) is 0 Å². The number of aliphatic imine (C=N–C) groups is 1. The standard InChI is InChI=1S/C29H16Cl2F7N3O6/c1-3-46-28(44)12(24(42)10-5-14(32)21(37)18(30)20(10)36)8-39-26-16(34)7-17(35)27(40-26)41-9-13(29(45)47-4-2)25(43)11-6-15(33)22(38)19(31)23(11)41/h5-9,42H,3-4H2,1-2H3. The van der Waals surface area contributed by atoms with Crippen molar-refractivity contribution in [2.45, 2.75) is 13.8 Å². The number of hydrogen-bond donors (Lipinski definition) is 1. The van der Waals surface area contributed by atoms with Gasteiger partial charge in [0, 0.05) is 18.5 Å². The van der Waals surface area contributed by atoms with Crippen molar-refractivity contribution in [3.63, 3.8) is 0 Å². The van der Waals surface area contributed by atoms with Crippen LogP contribution in [-0.4, -0.2) is 46.0 Å². The van der Waals surface area contributed by atoms with Gasteiger partial charge in [-0.25, -0.2) is 50.3 Å². The Kier molecular flexibility index (Phi) is 10.3. The monoisotopic (exact) mass is 705 g/mol. The van der Waals surface area contributed by atoms with Gasteiger partial charge in [-0.1, -0.05) is 23.2 Å². The summed E-state index contributed by atoms with van der Waals surface area (Å²) in [4.78, 5) is 45.3. The molecular weight excluding hydrogens is 690 g/mol. The van der Waals surface area contributed by atoms with Gasteiger partial charge in [0.1, 0.15) is 26.9 Å². The van der Waals surface area contributed by atoms with E-state index in [1.54, 1.807) is 0 Å². The summed E-state index contributed by atoms with van der Waals surface area (Å²) in [6.45, 7) is 2.14. The molecule has 2 aromatic heterocycles. The lowest BCUT2D eigenvalue weighted by atomic mass is 10.1. The van der Waals surface area contributed by atoms with Gasteiger partial charge in [0.2, 0.25) is 5.43 Å². The number of ether oxygens (including phenoxy) is 2. The molecule has 2 aromatic carbocycles. The van der Waals surface area contributed by atoms with Crippen molar-refractivity contribution in [1.82, 2.24) is 9.55 Å². The average molecular weight is 706 g/mol. The minimum Gasteiger partial charge on any atom is -0.506 e. The third-order valence-electron chi connectivity index (χ3n) is 6.16. The highest BCUT2D eigenvalue weighted by Crippen LogP contribution is 2.32. The predicted molar refractivity (Wildman–Crippen MR) is 154 cm³/mol. The molecule has 0 aliphatic carbocycles. The van der Waals surface area contributed by atoms with Gasteiger partial charge in [0.05, 0.1) is 29.7 Å². The Bertz CT molecular complexity index is 2100. The molecule has 4 rings (SSSR count). The number of carbonyl (C=O) groups is 2. The summed E-state index contributed by atoms with van der Waals surface area (Å²) in [5, 5.41) is 7.46. The lowest BCUT2D eigenvalue weighted by Crippen LogP contribution is -2.22. The van der Waals surface area contributed by atoms with Crippen LogP contribution in [0.5, 0.6) is 0 Å². The second-order valence-electron chi connectivity index (χ2n) is 9.03. The quantitative estimate of drug-likeness (QED) is 0.0396. The minimum absolute atomic E-state index is 0.155. The second kappa shape index (κ2) is 13.8. The van der Waals surface area contributed by atoms with Crippen molar-refractivity contribution in [2.24, 2.45) is 4.99 Å². The number of aromatic nitrogens is 2. The van der Waals surface area contributed by atoms with E-state index in [1.807, 2.05) is 0 Å². The molecule has 1 N–H and O–H groups in total. The fourth-order valence-corrected chi connectivity index (χ4v) is 4.53. The zero-order valence-electron chi connectivity index (χ0n) is 23.5. The summed E-state index contributed by atoms with van der Waals surface area (Å²) < 4.78 is 111. The number of halogens is 9. The first-order chi connectivity index (χ1) is 22.1. The minimum atomic E-state index is -1.80. The van der Waals surface area contributed by atoms with Crippen molar-refractivity contribution in [3.8, 4) is 5.82 Å². The maximum Gasteiger partial charge on any atom is 0.343 e. The third kappa shape index (κ3) is 6.51. The second-order valence-corrected chi connectivity index (χ2v) is 9.79. The van der Waals surface area contributed by atoms with E-state index in [0.717, 1.165) is 0 Å². The first kappa shape index (κ1) is 34.9. The molecule has 4 aromatic rings. The van der Waals surface area contributed by atoms with E-state index in [0.29, 0.717) is 23.0 Å². The molecule has 0 atom stereocenters. The normalized spacial score (nSPS) is 12.1. The number of esters is 2. The molecule has 0 aliphatic heterocycles. The Morgan fingerprint density at radius 1 is 0.872 bits per heavy atom. The van der Waals surface area contributed by atoms with Crippen LogP contribution in [0.3, 0.4) is 0 Å². The number of carbonyl (C=O) groups excluding carboxylic acids is 2. The molecule has 18 heteroatoms. The summed E-state index contributed by atoms with van der Waals surface area (Å²) in [7, 11) is 0. The molecule has 0 aliphatic rings. The number of nitrogens with zero attached hydrogens (tertiary/aromatic N) is 3. The highest BCUT2D eigenvalue weighted by atomic mass is 35.5. The van der Waals surface area contributed by atoms with Crippen LogP contribution in [0.15, 0.2) is 39.8 Å². The Morgan fingerprint density at radius 2 is 1.49 bits per heavy atom. The molecule has 9 nitrogen and oxygen atoms in total. The van der Waals surface area contributed by atoms with Crippen molar-refractivity contribution in [2.75, 3.05) is 13.2 Å². The fraction of sp³-hybridized carbons (Fsp3) is 0.138. The molecule has 0 spiro atoms. The molecule has 246 valence electrons. The van der Waals surface area contributed by atoms with E-state index in [-0.39, 0.29) is 25.3 Å². The molecule has 0 bridgehead atoms. The SMILES string of the molecule is CCOC(=O)C(C=Nc1nc(-n2cc(C(=O)OCC)c(=O)c3cc(F)c(F)c(Cl)c32)c(F)cc1F)=C(O)c1cc(F)c(F)c(Cl)c1F. The first-order valence-electron chi connectivity index (χ1n) is 12.9. The van der Waals surface area contributed by atoms with Gasteiger partial charge in [0.15, 0.2) is 52.4 Å². The van der Waals surface area contributed by atoms with Gasteiger partial charge < -0.3 is 14.6 Å². The number of pyridine rings is 2. The predicted octanol–water partition coefficient (Wildman–Crippen LogP) is 7.08. The molecule has 47 heavy (non-hydrogen) atoms. The van der Waals surface area contributed by atoms with Gasteiger partial charge in [-0.15, -0.1) is 0 Å². The van der Waals surface area contributed by atoms with E-state index in [9.17, 15) is 45.8 Å². The fourth-order valence-electron chi connectivity index (χ4n) is 4.06. The molecule has 2 heterocycles. The van der Waals surface area contributed by atoms with Crippen molar-refractivity contribution < 1.29 is 54.9 Å². The maximum absolute atomic E-state index is 15.2. The number of fused-ring (bicyclic) bond motifs is 1.